The van der Waals surface area contributed by atoms with Crippen molar-refractivity contribution in [3.05, 3.63) is 51.7 Å². The van der Waals surface area contributed by atoms with Crippen LogP contribution in [0.15, 0.2) is 45.2 Å². The van der Waals surface area contributed by atoms with Crippen molar-refractivity contribution in [1.29, 1.82) is 0 Å². The van der Waals surface area contributed by atoms with E-state index >= 15 is 0 Å². The average molecular weight is 484 g/mol. The fourth-order valence-corrected chi connectivity index (χ4v) is 4.59. The van der Waals surface area contributed by atoms with E-state index in [9.17, 15) is 13.2 Å². The van der Waals surface area contributed by atoms with Crippen LogP contribution in [0.5, 0.6) is 0 Å². The van der Waals surface area contributed by atoms with Crippen LogP contribution in [0.25, 0.3) is 0 Å². The Morgan fingerprint density at radius 1 is 1.25 bits per heavy atom. The molecule has 2 aromatic heterocycles. The predicted molar refractivity (Wildman–Crippen MR) is 112 cm³/mol. The zero-order valence-corrected chi connectivity index (χ0v) is 18.5. The van der Waals surface area contributed by atoms with Gasteiger partial charge in [-0.05, 0) is 61.0 Å². The lowest BCUT2D eigenvalue weighted by atomic mass is 10.2. The maximum absolute atomic E-state index is 12.6. The largest absolute Gasteiger partial charge is 0.324 e. The number of rotatable bonds is 6. The highest BCUT2D eigenvalue weighted by molar-refractivity contribution is 9.10. The van der Waals surface area contributed by atoms with Gasteiger partial charge in [-0.25, -0.2) is 13.4 Å². The predicted octanol–water partition coefficient (Wildman–Crippen LogP) is 3.72. The molecular weight excluding hydrogens is 466 g/mol. The van der Waals surface area contributed by atoms with Crippen LogP contribution < -0.4 is 10.0 Å². The number of carbonyl (C=O) groups is 1. The summed E-state index contributed by atoms with van der Waals surface area (Å²) >= 11 is 4.64. The molecule has 3 aromatic rings. The first-order valence-electron chi connectivity index (χ1n) is 8.23. The van der Waals surface area contributed by atoms with Gasteiger partial charge in [0.25, 0.3) is 10.0 Å². The zero-order valence-electron chi connectivity index (χ0n) is 15.3. The van der Waals surface area contributed by atoms with Crippen molar-refractivity contribution in [2.24, 2.45) is 0 Å². The number of nitrogens with one attached hydrogen (secondary N) is 2. The Labute approximate surface area is 175 Å². The SMILES string of the molecule is Cc1nn(C(C)C(=O)Nc2ccc(S(=O)(=O)Nc3nccs3)cc2)c(C)c1Br. The fraction of sp³-hybridized carbons (Fsp3) is 0.235. The quantitative estimate of drug-likeness (QED) is 0.555. The second-order valence-corrected chi connectivity index (χ2v) is 9.43. The van der Waals surface area contributed by atoms with Crippen LogP contribution in [0, 0.1) is 13.8 Å². The molecule has 0 aliphatic carbocycles. The van der Waals surface area contributed by atoms with E-state index in [1.54, 1.807) is 17.0 Å². The highest BCUT2D eigenvalue weighted by Gasteiger charge is 2.21. The van der Waals surface area contributed by atoms with Crippen LogP contribution in [-0.4, -0.2) is 29.1 Å². The van der Waals surface area contributed by atoms with E-state index in [0.717, 1.165) is 15.9 Å². The van der Waals surface area contributed by atoms with Gasteiger partial charge >= 0.3 is 0 Å². The summed E-state index contributed by atoms with van der Waals surface area (Å²) in [4.78, 5) is 16.5. The van der Waals surface area contributed by atoms with Gasteiger partial charge in [-0.1, -0.05) is 0 Å². The summed E-state index contributed by atoms with van der Waals surface area (Å²) in [5.41, 5.74) is 2.15. The molecule has 8 nitrogen and oxygen atoms in total. The maximum atomic E-state index is 12.6. The van der Waals surface area contributed by atoms with E-state index < -0.39 is 16.1 Å². The highest BCUT2D eigenvalue weighted by Crippen LogP contribution is 2.24. The number of benzene rings is 1. The van der Waals surface area contributed by atoms with Crippen LogP contribution >= 0.6 is 27.3 Å². The minimum Gasteiger partial charge on any atom is -0.324 e. The van der Waals surface area contributed by atoms with Crippen molar-refractivity contribution in [2.45, 2.75) is 31.7 Å². The number of halogens is 1. The summed E-state index contributed by atoms with van der Waals surface area (Å²) in [6.45, 7) is 5.48. The normalized spacial score (nSPS) is 12.6. The third-order valence-corrected chi connectivity index (χ3v) is 7.39. The van der Waals surface area contributed by atoms with Crippen LogP contribution in [0.3, 0.4) is 0 Å². The minimum absolute atomic E-state index is 0.0798. The van der Waals surface area contributed by atoms with Crippen LogP contribution in [0.1, 0.15) is 24.4 Å². The van der Waals surface area contributed by atoms with E-state index in [4.69, 9.17) is 0 Å². The molecular formula is C17H18BrN5O3S2. The lowest BCUT2D eigenvalue weighted by Gasteiger charge is -2.15. The maximum Gasteiger partial charge on any atom is 0.263 e. The number of hydrogen-bond donors (Lipinski definition) is 2. The van der Waals surface area contributed by atoms with Crippen molar-refractivity contribution in [3.8, 4) is 0 Å². The first-order chi connectivity index (χ1) is 13.2. The number of anilines is 2. The Kier molecular flexibility index (Phi) is 5.87. The smallest absolute Gasteiger partial charge is 0.263 e. The standard InChI is InChI=1S/C17H18BrN5O3S2/c1-10-15(18)11(2)23(21-10)12(3)16(24)20-13-4-6-14(7-5-13)28(25,26)22-17-19-8-9-27-17/h4-9,12H,1-3H3,(H,19,22)(H,20,24). The Bertz CT molecular complexity index is 1090. The minimum atomic E-state index is -3.73. The molecule has 1 amide bonds. The monoisotopic (exact) mass is 483 g/mol. The lowest BCUT2D eigenvalue weighted by Crippen LogP contribution is -2.25. The molecule has 0 bridgehead atoms. The number of carbonyl (C=O) groups excluding carboxylic acids is 1. The van der Waals surface area contributed by atoms with Gasteiger partial charge in [-0.3, -0.25) is 14.2 Å². The van der Waals surface area contributed by atoms with Gasteiger partial charge in [0.2, 0.25) is 5.91 Å². The second kappa shape index (κ2) is 8.02. The van der Waals surface area contributed by atoms with Gasteiger partial charge in [0.05, 0.1) is 20.8 Å². The molecule has 1 unspecified atom stereocenters. The number of aromatic nitrogens is 3. The molecule has 0 spiro atoms. The molecule has 0 saturated carbocycles. The molecule has 2 N–H and O–H groups in total. The van der Waals surface area contributed by atoms with Gasteiger partial charge in [0, 0.05) is 17.3 Å². The Hall–Kier alpha value is -2.24. The molecule has 0 aliphatic heterocycles. The summed E-state index contributed by atoms with van der Waals surface area (Å²) < 4.78 is 29.6. The van der Waals surface area contributed by atoms with Crippen molar-refractivity contribution in [3.63, 3.8) is 0 Å². The van der Waals surface area contributed by atoms with Gasteiger partial charge < -0.3 is 5.32 Å². The topological polar surface area (TPSA) is 106 Å². The van der Waals surface area contributed by atoms with Crippen LogP contribution in [0.4, 0.5) is 10.8 Å². The zero-order chi connectivity index (χ0) is 20.5. The number of hydrogen-bond acceptors (Lipinski definition) is 6. The van der Waals surface area contributed by atoms with Crippen molar-refractivity contribution < 1.29 is 13.2 Å². The Morgan fingerprint density at radius 2 is 1.93 bits per heavy atom. The van der Waals surface area contributed by atoms with E-state index in [2.05, 4.69) is 36.1 Å². The van der Waals surface area contributed by atoms with Crippen molar-refractivity contribution >= 4 is 54.0 Å². The van der Waals surface area contributed by atoms with Crippen LogP contribution in [0.2, 0.25) is 0 Å². The first kappa shape index (κ1) is 20.5. The molecule has 1 aromatic carbocycles. The second-order valence-electron chi connectivity index (χ2n) is 6.06. The summed E-state index contributed by atoms with van der Waals surface area (Å²) in [6, 6.07) is 5.41. The number of thiazole rings is 1. The van der Waals surface area contributed by atoms with Gasteiger partial charge in [-0.15, -0.1) is 11.3 Å². The van der Waals surface area contributed by atoms with Crippen molar-refractivity contribution in [2.75, 3.05) is 10.0 Å². The molecule has 11 heteroatoms. The first-order valence-corrected chi connectivity index (χ1v) is 11.4. The van der Waals surface area contributed by atoms with E-state index in [0.29, 0.717) is 10.8 Å². The molecule has 2 heterocycles. The van der Waals surface area contributed by atoms with Gasteiger partial charge in [0.15, 0.2) is 5.13 Å². The molecule has 1 atom stereocenters. The third kappa shape index (κ3) is 4.26. The fourth-order valence-electron chi connectivity index (χ4n) is 2.54. The Balaban J connectivity index is 1.71. The third-order valence-electron chi connectivity index (χ3n) is 4.07. The number of aryl methyl sites for hydroxylation is 1. The number of nitrogens with zero attached hydrogens (tertiary/aromatic N) is 3. The summed E-state index contributed by atoms with van der Waals surface area (Å²) in [5.74, 6) is -0.255. The van der Waals surface area contributed by atoms with Crippen molar-refractivity contribution in [1.82, 2.24) is 14.8 Å². The average Bonchev–Trinajstić information content (AvgIpc) is 3.25. The molecule has 148 valence electrons. The van der Waals surface area contributed by atoms with E-state index in [-0.39, 0.29) is 10.8 Å². The Morgan fingerprint density at radius 3 is 2.46 bits per heavy atom. The molecule has 28 heavy (non-hydrogen) atoms. The highest BCUT2D eigenvalue weighted by atomic mass is 79.9. The molecule has 0 aliphatic rings. The molecule has 3 rings (SSSR count). The number of amides is 1. The summed E-state index contributed by atoms with van der Waals surface area (Å²) in [6.07, 6.45) is 1.52. The summed E-state index contributed by atoms with van der Waals surface area (Å²) in [5, 5.41) is 9.12. The van der Waals surface area contributed by atoms with Gasteiger partial charge in [0.1, 0.15) is 6.04 Å². The summed E-state index contributed by atoms with van der Waals surface area (Å²) in [7, 11) is -3.73. The van der Waals surface area contributed by atoms with Crippen LogP contribution in [-0.2, 0) is 14.8 Å². The lowest BCUT2D eigenvalue weighted by molar-refractivity contribution is -0.119. The van der Waals surface area contributed by atoms with E-state index in [1.165, 1.54) is 41.8 Å². The van der Waals surface area contributed by atoms with E-state index in [1.807, 2.05) is 13.8 Å². The molecule has 0 saturated heterocycles. The molecule has 0 radical (unpaired) electrons. The molecule has 0 fully saturated rings. The van der Waals surface area contributed by atoms with Gasteiger partial charge in [-0.2, -0.15) is 5.10 Å². The number of sulfonamides is 1.